The summed E-state index contributed by atoms with van der Waals surface area (Å²) in [4.78, 5) is 12.9. The quantitative estimate of drug-likeness (QED) is 0.230. The third-order valence-electron chi connectivity index (χ3n) is 6.11. The molecular weight excluding hydrogens is 559 g/mol. The lowest BCUT2D eigenvalue weighted by Crippen LogP contribution is -2.21. The number of carbonyl (C=O) groups is 1. The van der Waals surface area contributed by atoms with Crippen molar-refractivity contribution in [3.05, 3.63) is 80.7 Å². The summed E-state index contributed by atoms with van der Waals surface area (Å²) in [5.74, 6) is 0.618. The van der Waals surface area contributed by atoms with Crippen LogP contribution in [0.2, 0.25) is 10.0 Å². The van der Waals surface area contributed by atoms with Crippen molar-refractivity contribution in [3.63, 3.8) is 0 Å². The largest absolute Gasteiger partial charge is 0.493 e. The second-order valence-corrected chi connectivity index (χ2v) is 9.40. The van der Waals surface area contributed by atoms with Crippen LogP contribution in [-0.2, 0) is 0 Å². The number of esters is 1. The molecule has 0 bridgehead atoms. The molecule has 0 saturated heterocycles. The summed E-state index contributed by atoms with van der Waals surface area (Å²) in [6.45, 7) is 2.38. The molecule has 1 heterocycles. The molecule has 9 nitrogen and oxygen atoms in total. The second kappa shape index (κ2) is 12.3. The van der Waals surface area contributed by atoms with Gasteiger partial charge in [0.1, 0.15) is 23.1 Å². The van der Waals surface area contributed by atoms with E-state index in [4.69, 9.17) is 57.4 Å². The summed E-state index contributed by atoms with van der Waals surface area (Å²) in [6, 6.07) is 13.3. The van der Waals surface area contributed by atoms with E-state index in [1.807, 2.05) is 6.92 Å². The van der Waals surface area contributed by atoms with E-state index < -0.39 is 11.9 Å². The van der Waals surface area contributed by atoms with Crippen molar-refractivity contribution < 1.29 is 33.2 Å². The third-order valence-corrected chi connectivity index (χ3v) is 6.67. The van der Waals surface area contributed by atoms with Crippen LogP contribution in [-0.4, -0.2) is 33.9 Å². The normalized spacial score (nSPS) is 14.0. The number of nitrogens with two attached hydrogens (primary N) is 1. The molecule has 4 rings (SSSR count). The highest BCUT2D eigenvalue weighted by Crippen LogP contribution is 2.47. The minimum absolute atomic E-state index is 0.0848. The lowest BCUT2D eigenvalue weighted by Gasteiger charge is -2.27. The molecule has 11 heteroatoms. The first-order chi connectivity index (χ1) is 19.3. The van der Waals surface area contributed by atoms with Gasteiger partial charge in [-0.25, -0.2) is 4.79 Å². The predicted molar refractivity (Wildman–Crippen MR) is 149 cm³/mol. The molecule has 1 atom stereocenters. The van der Waals surface area contributed by atoms with Crippen LogP contribution in [0.3, 0.4) is 0 Å². The van der Waals surface area contributed by atoms with Gasteiger partial charge in [-0.1, -0.05) is 36.2 Å². The average Bonchev–Trinajstić information content (AvgIpc) is 2.94. The van der Waals surface area contributed by atoms with Crippen molar-refractivity contribution in [3.8, 4) is 40.6 Å². The molecule has 1 unspecified atom stereocenters. The van der Waals surface area contributed by atoms with Crippen molar-refractivity contribution in [1.82, 2.24) is 0 Å². The van der Waals surface area contributed by atoms with E-state index in [0.29, 0.717) is 46.5 Å². The summed E-state index contributed by atoms with van der Waals surface area (Å²) in [5, 5.41) is 10.3. The summed E-state index contributed by atoms with van der Waals surface area (Å²) in [5.41, 5.74) is 7.75. The molecule has 1 aliphatic heterocycles. The Kier molecular flexibility index (Phi) is 8.83. The third kappa shape index (κ3) is 5.55. The highest BCUT2D eigenvalue weighted by Gasteiger charge is 2.33. The summed E-state index contributed by atoms with van der Waals surface area (Å²) in [7, 11) is 4.50. The number of allylic oxidation sites excluding steroid dienone is 1. The first-order valence-corrected chi connectivity index (χ1v) is 12.9. The Hall–Kier alpha value is -4.26. The van der Waals surface area contributed by atoms with Gasteiger partial charge in [0.15, 0.2) is 17.2 Å². The molecular formula is C29H26Cl2N2O7. The van der Waals surface area contributed by atoms with Gasteiger partial charge >= 0.3 is 5.97 Å². The maximum atomic E-state index is 12.9. The van der Waals surface area contributed by atoms with Crippen molar-refractivity contribution in [2.24, 2.45) is 5.73 Å². The number of carbonyl (C=O) groups excluding carboxylic acids is 1. The van der Waals surface area contributed by atoms with E-state index in [-0.39, 0.29) is 32.8 Å². The molecule has 1 aliphatic rings. The van der Waals surface area contributed by atoms with Crippen LogP contribution in [0.4, 0.5) is 0 Å². The number of methoxy groups -OCH3 is 3. The zero-order valence-corrected chi connectivity index (χ0v) is 23.7. The van der Waals surface area contributed by atoms with Crippen LogP contribution in [0.15, 0.2) is 53.9 Å². The lowest BCUT2D eigenvalue weighted by atomic mass is 9.83. The van der Waals surface area contributed by atoms with Crippen LogP contribution in [0, 0.1) is 11.3 Å². The summed E-state index contributed by atoms with van der Waals surface area (Å²) < 4.78 is 33.3. The number of hydrogen-bond acceptors (Lipinski definition) is 9. The van der Waals surface area contributed by atoms with Gasteiger partial charge in [-0.2, -0.15) is 5.26 Å². The van der Waals surface area contributed by atoms with Crippen LogP contribution in [0.1, 0.15) is 40.7 Å². The minimum Gasteiger partial charge on any atom is -0.493 e. The van der Waals surface area contributed by atoms with E-state index >= 15 is 0 Å². The maximum absolute atomic E-state index is 12.9. The van der Waals surface area contributed by atoms with Crippen molar-refractivity contribution in [1.29, 1.82) is 5.26 Å². The van der Waals surface area contributed by atoms with Gasteiger partial charge in [0, 0.05) is 11.6 Å². The number of nitriles is 1. The average molecular weight is 585 g/mol. The molecule has 3 aromatic carbocycles. The number of halogens is 2. The van der Waals surface area contributed by atoms with Gasteiger partial charge in [-0.15, -0.1) is 0 Å². The number of fused-ring (bicyclic) bond motifs is 1. The Balaban J connectivity index is 1.69. The number of nitrogens with zero attached hydrogens (tertiary/aromatic N) is 1. The fourth-order valence-electron chi connectivity index (χ4n) is 4.30. The SMILES string of the molecule is CCCOc1c(Cl)cc(C(=O)Oc2ccc3c(c2)OC(N)=C(C#N)C3c2cc(OC)c(OC)c(OC)c2)cc1Cl. The smallest absolute Gasteiger partial charge is 0.343 e. The number of benzene rings is 3. The fraction of sp³-hybridized carbons (Fsp3) is 0.241. The number of ether oxygens (including phenoxy) is 6. The van der Waals surface area contributed by atoms with Gasteiger partial charge in [-0.3, -0.25) is 0 Å². The van der Waals surface area contributed by atoms with Gasteiger partial charge < -0.3 is 34.2 Å². The Bertz CT molecular complexity index is 1480. The number of rotatable bonds is 9. The van der Waals surface area contributed by atoms with Crippen LogP contribution in [0.25, 0.3) is 0 Å². The molecule has 0 aromatic heterocycles. The monoisotopic (exact) mass is 584 g/mol. The van der Waals surface area contributed by atoms with Crippen LogP contribution < -0.4 is 34.2 Å². The first kappa shape index (κ1) is 28.7. The molecule has 40 heavy (non-hydrogen) atoms. The van der Waals surface area contributed by atoms with Gasteiger partial charge in [0.05, 0.1) is 49.5 Å². The topological polar surface area (TPSA) is 122 Å². The highest BCUT2D eigenvalue weighted by molar-refractivity contribution is 6.37. The zero-order valence-electron chi connectivity index (χ0n) is 22.2. The fourth-order valence-corrected chi connectivity index (χ4v) is 4.89. The highest BCUT2D eigenvalue weighted by atomic mass is 35.5. The van der Waals surface area contributed by atoms with E-state index in [2.05, 4.69) is 6.07 Å². The van der Waals surface area contributed by atoms with E-state index in [1.165, 1.54) is 39.5 Å². The molecule has 3 aromatic rings. The van der Waals surface area contributed by atoms with Gasteiger partial charge in [-0.05, 0) is 42.3 Å². The molecule has 0 radical (unpaired) electrons. The van der Waals surface area contributed by atoms with Gasteiger partial charge in [0.25, 0.3) is 0 Å². The minimum atomic E-state index is -0.691. The molecule has 0 saturated carbocycles. The molecule has 0 aliphatic carbocycles. The molecule has 0 fully saturated rings. The Morgan fingerprint density at radius 1 is 1.00 bits per heavy atom. The molecule has 0 spiro atoms. The Morgan fingerprint density at radius 2 is 1.65 bits per heavy atom. The predicted octanol–water partition coefficient (Wildman–Crippen LogP) is 6.25. The summed E-state index contributed by atoms with van der Waals surface area (Å²) in [6.07, 6.45) is 0.771. The van der Waals surface area contributed by atoms with Gasteiger partial charge in [0.2, 0.25) is 11.6 Å². The van der Waals surface area contributed by atoms with Crippen LogP contribution in [0.5, 0.6) is 34.5 Å². The zero-order chi connectivity index (χ0) is 29.0. The second-order valence-electron chi connectivity index (χ2n) is 8.59. The Morgan fingerprint density at radius 3 is 2.20 bits per heavy atom. The maximum Gasteiger partial charge on any atom is 0.343 e. The van der Waals surface area contributed by atoms with Crippen LogP contribution >= 0.6 is 23.2 Å². The first-order valence-electron chi connectivity index (χ1n) is 12.1. The summed E-state index contributed by atoms with van der Waals surface area (Å²) >= 11 is 12.6. The van der Waals surface area contributed by atoms with Crippen molar-refractivity contribution in [2.45, 2.75) is 19.3 Å². The Labute approximate surface area is 241 Å². The van der Waals surface area contributed by atoms with E-state index in [9.17, 15) is 10.1 Å². The molecule has 0 amide bonds. The number of hydrogen-bond donors (Lipinski definition) is 1. The van der Waals surface area contributed by atoms with E-state index in [0.717, 1.165) is 6.42 Å². The lowest BCUT2D eigenvalue weighted by molar-refractivity contribution is 0.0734. The van der Waals surface area contributed by atoms with Crippen molar-refractivity contribution >= 4 is 29.2 Å². The van der Waals surface area contributed by atoms with Crippen molar-refractivity contribution in [2.75, 3.05) is 27.9 Å². The molecule has 208 valence electrons. The van der Waals surface area contributed by atoms with E-state index in [1.54, 1.807) is 24.3 Å². The molecule has 2 N–H and O–H groups in total. The standard InChI is InChI=1S/C29H26Cl2N2O7/c1-5-8-38-26-20(30)9-16(10-21(26)31)29(34)39-17-6-7-18-22(13-17)40-28(33)19(14-32)25(18)15-11-23(35-2)27(37-4)24(12-15)36-3/h6-7,9-13,25H,5,8,33H2,1-4H3.